The molecule has 1 aliphatic rings. The SMILES string of the molecule is Cc1nc(NC(=O)N2CC[C@H](Oc3cccnc3)C2)oc1C. The zero-order chi connectivity index (χ0) is 15.5. The number of pyridine rings is 1. The first-order valence-corrected chi connectivity index (χ1v) is 7.18. The second-order valence-corrected chi connectivity index (χ2v) is 5.25. The lowest BCUT2D eigenvalue weighted by Crippen LogP contribution is -2.34. The lowest BCUT2D eigenvalue weighted by molar-refractivity contribution is 0.194. The summed E-state index contributed by atoms with van der Waals surface area (Å²) in [4.78, 5) is 22.0. The summed E-state index contributed by atoms with van der Waals surface area (Å²) >= 11 is 0. The molecule has 2 aromatic rings. The van der Waals surface area contributed by atoms with Gasteiger partial charge in [-0.3, -0.25) is 10.3 Å². The molecule has 1 aliphatic heterocycles. The van der Waals surface area contributed by atoms with E-state index in [-0.39, 0.29) is 18.1 Å². The number of nitrogens with zero attached hydrogens (tertiary/aromatic N) is 3. The summed E-state index contributed by atoms with van der Waals surface area (Å²) in [5, 5.41) is 2.67. The van der Waals surface area contributed by atoms with Gasteiger partial charge in [0.2, 0.25) is 0 Å². The molecule has 7 heteroatoms. The Morgan fingerprint density at radius 3 is 3.05 bits per heavy atom. The molecule has 1 saturated heterocycles. The molecule has 2 aromatic heterocycles. The molecule has 0 bridgehead atoms. The summed E-state index contributed by atoms with van der Waals surface area (Å²) in [5.74, 6) is 1.42. The predicted octanol–water partition coefficient (Wildman–Crippen LogP) is 2.37. The molecule has 3 rings (SSSR count). The van der Waals surface area contributed by atoms with Crippen LogP contribution in [0, 0.1) is 13.8 Å². The standard InChI is InChI=1S/C15H18N4O3/c1-10-11(2)21-14(17-10)18-15(20)19-7-5-13(9-19)22-12-4-3-6-16-8-12/h3-4,6,8,13H,5,7,9H2,1-2H3,(H,17,18,20)/t13-/m0/s1. The van der Waals surface area contributed by atoms with E-state index in [1.54, 1.807) is 17.3 Å². The van der Waals surface area contributed by atoms with Crippen LogP contribution in [-0.2, 0) is 0 Å². The number of carbonyl (C=O) groups is 1. The van der Waals surface area contributed by atoms with Crippen LogP contribution in [0.25, 0.3) is 0 Å². The maximum atomic E-state index is 12.2. The molecule has 2 amide bonds. The number of nitrogens with one attached hydrogen (secondary N) is 1. The van der Waals surface area contributed by atoms with Crippen LogP contribution in [0.3, 0.4) is 0 Å². The zero-order valence-electron chi connectivity index (χ0n) is 12.6. The van der Waals surface area contributed by atoms with Crippen LogP contribution in [0.4, 0.5) is 10.8 Å². The third-order valence-corrected chi connectivity index (χ3v) is 3.61. The molecule has 0 unspecified atom stereocenters. The van der Waals surface area contributed by atoms with Gasteiger partial charge < -0.3 is 14.1 Å². The van der Waals surface area contributed by atoms with Crippen LogP contribution < -0.4 is 10.1 Å². The number of ether oxygens (including phenoxy) is 1. The van der Waals surface area contributed by atoms with E-state index in [4.69, 9.17) is 9.15 Å². The van der Waals surface area contributed by atoms with Crippen LogP contribution in [0.1, 0.15) is 17.9 Å². The summed E-state index contributed by atoms with van der Waals surface area (Å²) in [6.07, 6.45) is 4.12. The predicted molar refractivity (Wildman–Crippen MR) is 79.8 cm³/mol. The first kappa shape index (κ1) is 14.4. The first-order chi connectivity index (χ1) is 10.6. The number of anilines is 1. The van der Waals surface area contributed by atoms with Gasteiger partial charge in [0.05, 0.1) is 18.4 Å². The van der Waals surface area contributed by atoms with Gasteiger partial charge in [-0.1, -0.05) is 0 Å². The lowest BCUT2D eigenvalue weighted by Gasteiger charge is -2.16. The molecule has 116 valence electrons. The third-order valence-electron chi connectivity index (χ3n) is 3.61. The van der Waals surface area contributed by atoms with Gasteiger partial charge in [-0.05, 0) is 26.0 Å². The van der Waals surface area contributed by atoms with Crippen LogP contribution in [-0.4, -0.2) is 40.1 Å². The summed E-state index contributed by atoms with van der Waals surface area (Å²) in [7, 11) is 0. The topological polar surface area (TPSA) is 80.5 Å². The van der Waals surface area contributed by atoms with Gasteiger partial charge in [0.15, 0.2) is 0 Å². The van der Waals surface area contributed by atoms with E-state index in [0.717, 1.165) is 12.1 Å². The minimum atomic E-state index is -0.224. The normalized spacial score (nSPS) is 17.5. The number of aromatic nitrogens is 2. The zero-order valence-corrected chi connectivity index (χ0v) is 12.6. The number of urea groups is 1. The van der Waals surface area contributed by atoms with Crippen LogP contribution in [0.15, 0.2) is 28.9 Å². The molecule has 1 fully saturated rings. The van der Waals surface area contributed by atoms with Crippen molar-refractivity contribution in [2.45, 2.75) is 26.4 Å². The fraction of sp³-hybridized carbons (Fsp3) is 0.400. The lowest BCUT2D eigenvalue weighted by atomic mass is 10.3. The number of oxazole rings is 1. The summed E-state index contributed by atoms with van der Waals surface area (Å²) in [5.41, 5.74) is 0.773. The number of rotatable bonds is 3. The third kappa shape index (κ3) is 3.19. The van der Waals surface area contributed by atoms with Gasteiger partial charge in [-0.25, -0.2) is 4.79 Å². The Balaban J connectivity index is 1.54. The highest BCUT2D eigenvalue weighted by atomic mass is 16.5. The van der Waals surface area contributed by atoms with Crippen molar-refractivity contribution in [1.82, 2.24) is 14.9 Å². The number of likely N-dealkylation sites (tertiary alicyclic amines) is 1. The highest BCUT2D eigenvalue weighted by Crippen LogP contribution is 2.19. The molecule has 0 spiro atoms. The van der Waals surface area contributed by atoms with E-state index in [9.17, 15) is 4.79 Å². The van der Waals surface area contributed by atoms with E-state index < -0.39 is 0 Å². The fourth-order valence-corrected chi connectivity index (χ4v) is 2.31. The smallest absolute Gasteiger partial charge is 0.325 e. The molecule has 0 aromatic carbocycles. The van der Waals surface area contributed by atoms with E-state index in [1.807, 2.05) is 26.0 Å². The van der Waals surface area contributed by atoms with Gasteiger partial charge in [0, 0.05) is 19.2 Å². The fourth-order valence-electron chi connectivity index (χ4n) is 2.31. The highest BCUT2D eigenvalue weighted by molar-refractivity contribution is 5.87. The molecule has 0 aliphatic carbocycles. The average Bonchev–Trinajstić information content (AvgIpc) is 3.08. The largest absolute Gasteiger partial charge is 0.487 e. The molecular weight excluding hydrogens is 284 g/mol. The molecule has 1 N–H and O–H groups in total. The number of carbonyl (C=O) groups excluding carboxylic acids is 1. The Hall–Kier alpha value is -2.57. The summed E-state index contributed by atoms with van der Waals surface area (Å²) in [6, 6.07) is 3.69. The second-order valence-electron chi connectivity index (χ2n) is 5.25. The second kappa shape index (κ2) is 6.05. The van der Waals surface area contributed by atoms with Gasteiger partial charge in [-0.15, -0.1) is 0 Å². The van der Waals surface area contributed by atoms with E-state index >= 15 is 0 Å². The van der Waals surface area contributed by atoms with Gasteiger partial charge >= 0.3 is 12.0 Å². The number of hydrogen-bond donors (Lipinski definition) is 1. The molecule has 22 heavy (non-hydrogen) atoms. The van der Waals surface area contributed by atoms with Crippen LogP contribution >= 0.6 is 0 Å². The molecule has 0 saturated carbocycles. The van der Waals surface area contributed by atoms with Crippen molar-refractivity contribution in [2.24, 2.45) is 0 Å². The monoisotopic (exact) mass is 302 g/mol. The molecular formula is C15H18N4O3. The van der Waals surface area contributed by atoms with E-state index in [0.29, 0.717) is 24.6 Å². The number of hydrogen-bond acceptors (Lipinski definition) is 5. The van der Waals surface area contributed by atoms with Crippen molar-refractivity contribution in [3.8, 4) is 5.75 Å². The highest BCUT2D eigenvalue weighted by Gasteiger charge is 2.28. The number of aryl methyl sites for hydroxylation is 2. The van der Waals surface area contributed by atoms with Gasteiger partial charge in [-0.2, -0.15) is 4.98 Å². The molecule has 0 radical (unpaired) electrons. The molecule has 1 atom stereocenters. The minimum absolute atomic E-state index is 0.0250. The molecule has 3 heterocycles. The van der Waals surface area contributed by atoms with Crippen molar-refractivity contribution in [1.29, 1.82) is 0 Å². The summed E-state index contributed by atoms with van der Waals surface area (Å²) < 4.78 is 11.2. The number of amides is 2. The summed E-state index contributed by atoms with van der Waals surface area (Å²) in [6.45, 7) is 4.81. The Morgan fingerprint density at radius 1 is 1.50 bits per heavy atom. The van der Waals surface area contributed by atoms with Crippen molar-refractivity contribution < 1.29 is 13.9 Å². The van der Waals surface area contributed by atoms with Gasteiger partial charge in [0.1, 0.15) is 17.6 Å². The van der Waals surface area contributed by atoms with Crippen molar-refractivity contribution in [3.05, 3.63) is 36.0 Å². The Kier molecular flexibility index (Phi) is 3.95. The van der Waals surface area contributed by atoms with Crippen molar-refractivity contribution in [3.63, 3.8) is 0 Å². The quantitative estimate of drug-likeness (QED) is 0.941. The Labute approximate surface area is 128 Å². The Morgan fingerprint density at radius 2 is 2.36 bits per heavy atom. The maximum Gasteiger partial charge on any atom is 0.325 e. The van der Waals surface area contributed by atoms with Crippen LogP contribution in [0.2, 0.25) is 0 Å². The van der Waals surface area contributed by atoms with E-state index in [1.165, 1.54) is 0 Å². The first-order valence-electron chi connectivity index (χ1n) is 7.18. The van der Waals surface area contributed by atoms with Gasteiger partial charge in [0.25, 0.3) is 0 Å². The van der Waals surface area contributed by atoms with Crippen molar-refractivity contribution in [2.75, 3.05) is 18.4 Å². The maximum absolute atomic E-state index is 12.2. The Bertz CT molecular complexity index is 637. The molecule has 7 nitrogen and oxygen atoms in total. The van der Waals surface area contributed by atoms with E-state index in [2.05, 4.69) is 15.3 Å². The van der Waals surface area contributed by atoms with Crippen LogP contribution in [0.5, 0.6) is 5.75 Å². The van der Waals surface area contributed by atoms with Crippen molar-refractivity contribution >= 4 is 12.0 Å². The average molecular weight is 302 g/mol. The minimum Gasteiger partial charge on any atom is -0.487 e.